The molecular formula is C22H34OSn. The third-order valence-electron chi connectivity index (χ3n) is 4.40. The van der Waals surface area contributed by atoms with Crippen LogP contribution in [0.1, 0.15) is 50.7 Å². The molecule has 0 saturated carbocycles. The molecule has 0 aliphatic rings. The second-order valence-corrected chi connectivity index (χ2v) is 15.9. The van der Waals surface area contributed by atoms with Crippen LogP contribution in [0.25, 0.3) is 0 Å². The van der Waals surface area contributed by atoms with E-state index in [1.165, 1.54) is 36.8 Å². The van der Waals surface area contributed by atoms with E-state index in [-0.39, 0.29) is 0 Å². The van der Waals surface area contributed by atoms with Crippen LogP contribution < -0.4 is 3.58 Å². The Balaban J connectivity index is 0.000000300. The third-order valence-corrected chi connectivity index (χ3v) is 14.5. The van der Waals surface area contributed by atoms with E-state index in [1.807, 2.05) is 19.1 Å². The zero-order valence-corrected chi connectivity index (χ0v) is 19.2. The number of phenolic OH excluding ortho intramolecular Hbond substituents is 1. The molecule has 1 N–H and O–H groups in total. The summed E-state index contributed by atoms with van der Waals surface area (Å²) >= 11 is -1.39. The maximum Gasteiger partial charge on any atom is 0.115 e. The number of hydrogen-bond donors (Lipinski definition) is 1. The summed E-state index contributed by atoms with van der Waals surface area (Å²) in [6.45, 7) is 8.81. The molecule has 0 unspecified atom stereocenters. The summed E-state index contributed by atoms with van der Waals surface area (Å²) in [7, 11) is 0. The van der Waals surface area contributed by atoms with Crippen LogP contribution in [0.3, 0.4) is 0 Å². The van der Waals surface area contributed by atoms with Gasteiger partial charge in [-0.15, -0.1) is 0 Å². The van der Waals surface area contributed by atoms with Crippen molar-refractivity contribution < 1.29 is 5.11 Å². The minimum Gasteiger partial charge on any atom is -0.508 e. The zero-order chi connectivity index (χ0) is 17.8. The van der Waals surface area contributed by atoms with E-state index >= 15 is 0 Å². The fraction of sp³-hybridized carbons (Fsp3) is 0.455. The van der Waals surface area contributed by atoms with E-state index in [9.17, 15) is 0 Å². The number of aromatic hydroxyl groups is 1. The van der Waals surface area contributed by atoms with Crippen molar-refractivity contribution >= 4 is 23.3 Å². The van der Waals surface area contributed by atoms with Crippen LogP contribution in [-0.4, -0.2) is 24.9 Å². The molecule has 0 atom stereocenters. The standard InChI is InChI=1S/C7H8O.C7H7.2C4H9.Sn.H/c1-6-2-4-7(8)5-3-6;1-7-5-3-2-4-6-7;2*1-3-4-2;;/h2-5,8H,1H3;3-6H,1H3;2*1,3-4H2,2H3;;. The van der Waals surface area contributed by atoms with Crippen molar-refractivity contribution in [1.82, 2.24) is 0 Å². The first kappa shape index (κ1) is 21.1. The quantitative estimate of drug-likeness (QED) is 0.553. The van der Waals surface area contributed by atoms with Gasteiger partial charge in [-0.2, -0.15) is 0 Å². The van der Waals surface area contributed by atoms with E-state index in [2.05, 4.69) is 45.0 Å². The molecule has 2 rings (SSSR count). The van der Waals surface area contributed by atoms with Crippen LogP contribution in [0.15, 0.2) is 48.5 Å². The molecule has 0 saturated heterocycles. The first-order valence-corrected chi connectivity index (χ1v) is 15.7. The van der Waals surface area contributed by atoms with E-state index in [4.69, 9.17) is 5.11 Å². The Hall–Kier alpha value is -0.961. The van der Waals surface area contributed by atoms with E-state index < -0.39 is 19.8 Å². The Morgan fingerprint density at radius 2 is 1.12 bits per heavy atom. The molecule has 132 valence electrons. The normalized spacial score (nSPS) is 10.4. The number of rotatable bonds is 7. The van der Waals surface area contributed by atoms with Crippen LogP contribution in [0.4, 0.5) is 0 Å². The van der Waals surface area contributed by atoms with Crippen molar-refractivity contribution in [1.29, 1.82) is 0 Å². The minimum atomic E-state index is -1.39. The van der Waals surface area contributed by atoms with Crippen molar-refractivity contribution in [2.24, 2.45) is 0 Å². The van der Waals surface area contributed by atoms with Crippen LogP contribution in [0.2, 0.25) is 8.87 Å². The first-order valence-electron chi connectivity index (χ1n) is 9.39. The Morgan fingerprint density at radius 1 is 0.708 bits per heavy atom. The Morgan fingerprint density at radius 3 is 1.50 bits per heavy atom. The van der Waals surface area contributed by atoms with Crippen molar-refractivity contribution in [3.8, 4) is 5.75 Å². The van der Waals surface area contributed by atoms with Gasteiger partial charge in [0.15, 0.2) is 0 Å². The molecule has 0 aliphatic heterocycles. The SMILES string of the molecule is CCC[CH2][SnH]([CH2]CCC)[c]1ccc(C)cc1.Cc1ccc(O)cc1. The van der Waals surface area contributed by atoms with Gasteiger partial charge in [-0.05, 0) is 19.1 Å². The molecule has 0 amide bonds. The molecular weight excluding hydrogens is 399 g/mol. The van der Waals surface area contributed by atoms with Gasteiger partial charge >= 0.3 is 108 Å². The molecule has 0 fully saturated rings. The van der Waals surface area contributed by atoms with Crippen molar-refractivity contribution in [2.45, 2.75) is 62.3 Å². The summed E-state index contributed by atoms with van der Waals surface area (Å²) in [5, 5.41) is 8.76. The van der Waals surface area contributed by atoms with E-state index in [0.717, 1.165) is 0 Å². The summed E-state index contributed by atoms with van der Waals surface area (Å²) in [4.78, 5) is 0. The molecule has 24 heavy (non-hydrogen) atoms. The summed E-state index contributed by atoms with van der Waals surface area (Å²) in [6, 6.07) is 16.5. The number of phenols is 1. The van der Waals surface area contributed by atoms with Crippen LogP contribution >= 0.6 is 0 Å². The largest absolute Gasteiger partial charge is 0.508 e. The fourth-order valence-corrected chi connectivity index (χ4v) is 12.7. The predicted molar refractivity (Wildman–Crippen MR) is 110 cm³/mol. The zero-order valence-electron chi connectivity index (χ0n) is 15.9. The maximum absolute atomic E-state index is 8.76. The molecule has 0 bridgehead atoms. The number of hydrogen-bond acceptors (Lipinski definition) is 1. The molecule has 0 radical (unpaired) electrons. The van der Waals surface area contributed by atoms with Gasteiger partial charge in [0.05, 0.1) is 0 Å². The van der Waals surface area contributed by atoms with E-state index in [1.54, 1.807) is 24.6 Å². The fourth-order valence-electron chi connectivity index (χ4n) is 2.76. The summed E-state index contributed by atoms with van der Waals surface area (Å²) in [5.41, 5.74) is 2.57. The molecule has 0 aromatic heterocycles. The maximum atomic E-state index is 8.76. The average molecular weight is 433 g/mol. The van der Waals surface area contributed by atoms with Gasteiger partial charge in [-0.3, -0.25) is 0 Å². The van der Waals surface area contributed by atoms with Crippen molar-refractivity contribution in [3.63, 3.8) is 0 Å². The molecule has 1 nitrogen and oxygen atoms in total. The van der Waals surface area contributed by atoms with Crippen LogP contribution in [0, 0.1) is 13.8 Å². The molecule has 0 heterocycles. The predicted octanol–water partition coefficient (Wildman–Crippen LogP) is 5.73. The second kappa shape index (κ2) is 12.4. The Labute approximate surface area is 155 Å². The first-order chi connectivity index (χ1) is 11.6. The number of benzene rings is 2. The van der Waals surface area contributed by atoms with Crippen LogP contribution in [0.5, 0.6) is 5.75 Å². The molecule has 2 aromatic rings. The second-order valence-electron chi connectivity index (χ2n) is 6.73. The third kappa shape index (κ3) is 8.77. The van der Waals surface area contributed by atoms with E-state index in [0.29, 0.717) is 5.75 Å². The number of aryl methyl sites for hydroxylation is 2. The van der Waals surface area contributed by atoms with Gasteiger partial charge in [0, 0.05) is 0 Å². The summed E-state index contributed by atoms with van der Waals surface area (Å²) in [6.07, 6.45) is 5.65. The van der Waals surface area contributed by atoms with Gasteiger partial charge in [0.2, 0.25) is 0 Å². The van der Waals surface area contributed by atoms with Crippen molar-refractivity contribution in [3.05, 3.63) is 59.7 Å². The Kier molecular flexibility index (Phi) is 10.9. The smallest absolute Gasteiger partial charge is 0.115 e. The topological polar surface area (TPSA) is 20.2 Å². The average Bonchev–Trinajstić information content (AvgIpc) is 2.59. The molecule has 2 heteroatoms. The molecule has 2 aromatic carbocycles. The van der Waals surface area contributed by atoms with Gasteiger partial charge in [0.25, 0.3) is 0 Å². The van der Waals surface area contributed by atoms with Gasteiger partial charge in [-0.1, -0.05) is 17.7 Å². The van der Waals surface area contributed by atoms with Crippen molar-refractivity contribution in [2.75, 3.05) is 0 Å². The number of unbranched alkanes of at least 4 members (excludes halogenated alkanes) is 2. The Bertz CT molecular complexity index is 516. The van der Waals surface area contributed by atoms with Gasteiger partial charge < -0.3 is 5.11 Å². The summed E-state index contributed by atoms with van der Waals surface area (Å²) in [5.74, 6) is 0.329. The summed E-state index contributed by atoms with van der Waals surface area (Å²) < 4.78 is 4.90. The molecule has 0 spiro atoms. The molecule has 0 aliphatic carbocycles. The van der Waals surface area contributed by atoms with Gasteiger partial charge in [-0.25, -0.2) is 0 Å². The van der Waals surface area contributed by atoms with Gasteiger partial charge in [0.1, 0.15) is 5.75 Å². The van der Waals surface area contributed by atoms with Crippen LogP contribution in [-0.2, 0) is 0 Å². The minimum absolute atomic E-state index is 0.329. The monoisotopic (exact) mass is 434 g/mol.